The molecule has 0 radical (unpaired) electrons. The predicted octanol–water partition coefficient (Wildman–Crippen LogP) is 2.95. The first kappa shape index (κ1) is 9.21. The molecule has 0 aromatic rings. The van der Waals surface area contributed by atoms with E-state index in [2.05, 4.69) is 12.2 Å². The fourth-order valence-electron chi connectivity index (χ4n) is 3.86. The van der Waals surface area contributed by atoms with Crippen LogP contribution in [0.25, 0.3) is 0 Å². The quantitative estimate of drug-likeness (QED) is 0.726. The highest BCUT2D eigenvalue weighted by Crippen LogP contribution is 2.45. The van der Waals surface area contributed by atoms with E-state index >= 15 is 0 Å². The summed E-state index contributed by atoms with van der Waals surface area (Å²) in [5.41, 5.74) is 0. The van der Waals surface area contributed by atoms with Gasteiger partial charge in [-0.25, -0.2) is 0 Å². The minimum Gasteiger partial charge on any atom is -0.311 e. The van der Waals surface area contributed by atoms with Crippen LogP contribution in [0.3, 0.4) is 0 Å². The predicted molar refractivity (Wildman–Crippen MR) is 59.2 cm³/mol. The van der Waals surface area contributed by atoms with E-state index in [-0.39, 0.29) is 0 Å². The van der Waals surface area contributed by atoms with E-state index in [1.54, 1.807) is 0 Å². The molecule has 1 N–H and O–H groups in total. The fraction of sp³-hybridized carbons (Fsp3) is 1.00. The Morgan fingerprint density at radius 2 is 1.93 bits per heavy atom. The zero-order valence-corrected chi connectivity index (χ0v) is 9.34. The van der Waals surface area contributed by atoms with Crippen molar-refractivity contribution in [1.82, 2.24) is 5.32 Å². The largest absolute Gasteiger partial charge is 0.311 e. The van der Waals surface area contributed by atoms with Crippen molar-refractivity contribution >= 4 is 0 Å². The van der Waals surface area contributed by atoms with Crippen LogP contribution in [0.15, 0.2) is 0 Å². The van der Waals surface area contributed by atoms with Crippen LogP contribution in [0.1, 0.15) is 51.9 Å². The lowest BCUT2D eigenvalue weighted by Crippen LogP contribution is -2.45. The summed E-state index contributed by atoms with van der Waals surface area (Å²) in [6.07, 6.45) is 10.5. The summed E-state index contributed by atoms with van der Waals surface area (Å²) >= 11 is 0. The Balaban J connectivity index is 1.52. The molecule has 3 fully saturated rings. The highest BCUT2D eigenvalue weighted by Gasteiger charge is 2.40. The van der Waals surface area contributed by atoms with E-state index in [0.717, 1.165) is 29.8 Å². The zero-order chi connectivity index (χ0) is 9.54. The lowest BCUT2D eigenvalue weighted by atomic mass is 9.79. The molecule has 0 heterocycles. The Bertz CT molecular complexity index is 209. The zero-order valence-electron chi connectivity index (χ0n) is 9.34. The van der Waals surface area contributed by atoms with Gasteiger partial charge in [-0.15, -0.1) is 0 Å². The van der Waals surface area contributed by atoms with Crippen LogP contribution in [0.2, 0.25) is 0 Å². The Labute approximate surface area is 87.7 Å². The van der Waals surface area contributed by atoms with Crippen LogP contribution in [0, 0.1) is 17.8 Å². The molecular weight excluding hydrogens is 170 g/mol. The molecule has 1 heteroatoms. The molecule has 3 aliphatic rings. The molecule has 0 saturated heterocycles. The van der Waals surface area contributed by atoms with Crippen molar-refractivity contribution in [3.63, 3.8) is 0 Å². The highest BCUT2D eigenvalue weighted by atomic mass is 15.0. The summed E-state index contributed by atoms with van der Waals surface area (Å²) in [5.74, 6) is 3.14. The minimum atomic E-state index is 0.799. The average Bonchev–Trinajstić information content (AvgIpc) is 2.60. The Hall–Kier alpha value is -0.0400. The summed E-state index contributed by atoms with van der Waals surface area (Å²) in [4.78, 5) is 0. The molecule has 14 heavy (non-hydrogen) atoms. The van der Waals surface area contributed by atoms with Crippen LogP contribution in [-0.2, 0) is 0 Å². The highest BCUT2D eigenvalue weighted by molar-refractivity contribution is 4.96. The summed E-state index contributed by atoms with van der Waals surface area (Å²) in [6, 6.07) is 1.69. The van der Waals surface area contributed by atoms with Gasteiger partial charge in [-0.2, -0.15) is 0 Å². The second-order valence-corrected chi connectivity index (χ2v) is 5.93. The lowest BCUT2D eigenvalue weighted by Gasteiger charge is -2.36. The van der Waals surface area contributed by atoms with Crippen LogP contribution in [-0.4, -0.2) is 12.1 Å². The monoisotopic (exact) mass is 193 g/mol. The van der Waals surface area contributed by atoms with Crippen molar-refractivity contribution in [2.75, 3.05) is 0 Å². The van der Waals surface area contributed by atoms with Gasteiger partial charge in [-0.05, 0) is 56.8 Å². The van der Waals surface area contributed by atoms with E-state index in [1.165, 1.54) is 44.9 Å². The summed E-state index contributed by atoms with van der Waals surface area (Å²) in [5, 5.41) is 3.91. The summed E-state index contributed by atoms with van der Waals surface area (Å²) in [7, 11) is 0. The molecule has 0 amide bonds. The molecule has 2 bridgehead atoms. The first-order valence-electron chi connectivity index (χ1n) is 6.59. The first-order valence-corrected chi connectivity index (χ1v) is 6.59. The van der Waals surface area contributed by atoms with Crippen molar-refractivity contribution in [3.05, 3.63) is 0 Å². The second-order valence-electron chi connectivity index (χ2n) is 5.93. The number of fused-ring (bicyclic) bond motifs is 2. The summed E-state index contributed by atoms with van der Waals surface area (Å²) < 4.78 is 0. The van der Waals surface area contributed by atoms with Gasteiger partial charge >= 0.3 is 0 Å². The Morgan fingerprint density at radius 3 is 2.43 bits per heavy atom. The average molecular weight is 193 g/mol. The van der Waals surface area contributed by atoms with Crippen molar-refractivity contribution in [2.24, 2.45) is 17.8 Å². The number of hydrogen-bond acceptors (Lipinski definition) is 1. The van der Waals surface area contributed by atoms with Crippen molar-refractivity contribution in [1.29, 1.82) is 0 Å². The van der Waals surface area contributed by atoms with Gasteiger partial charge in [0.2, 0.25) is 0 Å². The van der Waals surface area contributed by atoms with Crippen molar-refractivity contribution in [3.8, 4) is 0 Å². The number of nitrogens with one attached hydrogen (secondary N) is 1. The molecule has 3 saturated carbocycles. The van der Waals surface area contributed by atoms with Gasteiger partial charge < -0.3 is 5.32 Å². The van der Waals surface area contributed by atoms with Gasteiger partial charge in [-0.3, -0.25) is 0 Å². The smallest absolute Gasteiger partial charge is 0.0101 e. The third kappa shape index (κ3) is 1.50. The van der Waals surface area contributed by atoms with Gasteiger partial charge in [-0.1, -0.05) is 12.8 Å². The van der Waals surface area contributed by atoms with Gasteiger partial charge in [0.25, 0.3) is 0 Å². The molecule has 0 spiro atoms. The van der Waals surface area contributed by atoms with E-state index in [4.69, 9.17) is 0 Å². The van der Waals surface area contributed by atoms with Gasteiger partial charge in [0.05, 0.1) is 0 Å². The molecular formula is C13H23N. The first-order chi connectivity index (χ1) is 6.83. The molecule has 3 rings (SSSR count). The molecule has 0 aromatic carbocycles. The standard InChI is InChI=1S/C13H23N/c1-9(11-3-2-4-11)14-13-8-10-5-6-12(13)7-10/h9-14H,2-8H2,1H3/t9-,10?,12?,13?/m1/s1. The van der Waals surface area contributed by atoms with Gasteiger partial charge in [0.1, 0.15) is 0 Å². The minimum absolute atomic E-state index is 0.799. The third-order valence-corrected chi connectivity index (χ3v) is 5.07. The molecule has 1 nitrogen and oxygen atoms in total. The van der Waals surface area contributed by atoms with Crippen LogP contribution in [0.5, 0.6) is 0 Å². The molecule has 0 aromatic heterocycles. The third-order valence-electron chi connectivity index (χ3n) is 5.07. The van der Waals surface area contributed by atoms with Crippen molar-refractivity contribution in [2.45, 2.75) is 64.0 Å². The van der Waals surface area contributed by atoms with E-state index in [0.29, 0.717) is 0 Å². The van der Waals surface area contributed by atoms with E-state index in [9.17, 15) is 0 Å². The Kier molecular flexibility index (Phi) is 2.31. The maximum atomic E-state index is 3.91. The normalized spacial score (nSPS) is 43.9. The SMILES string of the molecule is C[C@@H](NC1CC2CCC1C2)C1CCC1. The van der Waals surface area contributed by atoms with Gasteiger partial charge in [0, 0.05) is 12.1 Å². The Morgan fingerprint density at radius 1 is 1.07 bits per heavy atom. The van der Waals surface area contributed by atoms with Crippen LogP contribution < -0.4 is 5.32 Å². The molecule has 3 aliphatic carbocycles. The maximum absolute atomic E-state index is 3.91. The fourth-order valence-corrected chi connectivity index (χ4v) is 3.86. The van der Waals surface area contributed by atoms with Crippen LogP contribution in [0.4, 0.5) is 0 Å². The lowest BCUT2D eigenvalue weighted by molar-refractivity contribution is 0.206. The van der Waals surface area contributed by atoms with E-state index in [1.807, 2.05) is 0 Å². The second kappa shape index (κ2) is 3.52. The summed E-state index contributed by atoms with van der Waals surface area (Å²) in [6.45, 7) is 2.41. The van der Waals surface area contributed by atoms with Crippen molar-refractivity contribution < 1.29 is 0 Å². The number of rotatable bonds is 3. The molecule has 0 aliphatic heterocycles. The molecule has 80 valence electrons. The topological polar surface area (TPSA) is 12.0 Å². The van der Waals surface area contributed by atoms with Gasteiger partial charge in [0.15, 0.2) is 0 Å². The van der Waals surface area contributed by atoms with Crippen LogP contribution >= 0.6 is 0 Å². The van der Waals surface area contributed by atoms with E-state index < -0.39 is 0 Å². The molecule has 4 atom stereocenters. The maximum Gasteiger partial charge on any atom is 0.0101 e. The number of hydrogen-bond donors (Lipinski definition) is 1. The molecule has 3 unspecified atom stereocenters.